The maximum atomic E-state index is 12.6. The van der Waals surface area contributed by atoms with Gasteiger partial charge in [0.15, 0.2) is 0 Å². The largest absolute Gasteiger partial charge is 0.360 e. The zero-order chi connectivity index (χ0) is 17.0. The summed E-state index contributed by atoms with van der Waals surface area (Å²) in [4.78, 5) is 15.8. The zero-order valence-corrected chi connectivity index (χ0v) is 14.7. The van der Waals surface area contributed by atoms with Gasteiger partial charge in [-0.25, -0.2) is 5.43 Å². The molecule has 0 atom stereocenters. The molecule has 1 amide bonds. The molecule has 0 unspecified atom stereocenters. The first kappa shape index (κ1) is 15.2. The number of amides is 1. The van der Waals surface area contributed by atoms with Gasteiger partial charge in [-0.15, -0.1) is 0 Å². The standard InChI is InChI=1S/C21H25N3O/c1-13(21-9-14-6-15(10-21)8-16(7-14)11-21)23-24-20(25)18-12-22-19-5-3-2-4-17(18)19/h2-5,12,14-16,22H,6-11H2,1H3,(H,24,25)/b23-13+. The first-order chi connectivity index (χ1) is 12.1. The molecule has 1 heterocycles. The maximum Gasteiger partial charge on any atom is 0.273 e. The molecule has 0 saturated heterocycles. The summed E-state index contributed by atoms with van der Waals surface area (Å²) >= 11 is 0. The number of hydrazone groups is 1. The fourth-order valence-electron chi connectivity index (χ4n) is 6.13. The molecule has 4 aliphatic carbocycles. The molecule has 2 aromatic rings. The number of hydrogen-bond donors (Lipinski definition) is 2. The number of fused-ring (bicyclic) bond motifs is 1. The van der Waals surface area contributed by atoms with E-state index < -0.39 is 0 Å². The number of para-hydroxylation sites is 1. The van der Waals surface area contributed by atoms with Gasteiger partial charge in [-0.1, -0.05) is 18.2 Å². The lowest BCUT2D eigenvalue weighted by molar-refractivity contribution is -0.0128. The van der Waals surface area contributed by atoms with Crippen molar-refractivity contribution in [3.8, 4) is 0 Å². The average Bonchev–Trinajstić information content (AvgIpc) is 3.02. The van der Waals surface area contributed by atoms with Crippen molar-refractivity contribution in [2.75, 3.05) is 0 Å². The number of nitrogens with one attached hydrogen (secondary N) is 2. The number of H-pyrrole nitrogens is 1. The first-order valence-electron chi connectivity index (χ1n) is 9.54. The monoisotopic (exact) mass is 335 g/mol. The van der Waals surface area contributed by atoms with Crippen LogP contribution in [-0.4, -0.2) is 16.6 Å². The van der Waals surface area contributed by atoms with Crippen molar-refractivity contribution < 1.29 is 4.79 Å². The Labute approximate surface area is 148 Å². The number of benzene rings is 1. The van der Waals surface area contributed by atoms with Crippen LogP contribution in [0.15, 0.2) is 35.6 Å². The molecule has 0 aliphatic heterocycles. The molecular weight excluding hydrogens is 310 g/mol. The van der Waals surface area contributed by atoms with Crippen LogP contribution >= 0.6 is 0 Å². The normalized spacial score (nSPS) is 33.8. The van der Waals surface area contributed by atoms with E-state index in [2.05, 4.69) is 22.4 Å². The number of aromatic nitrogens is 1. The highest BCUT2D eigenvalue weighted by molar-refractivity contribution is 6.07. The summed E-state index contributed by atoms with van der Waals surface area (Å²) < 4.78 is 0. The molecule has 4 bridgehead atoms. The van der Waals surface area contributed by atoms with Gasteiger partial charge in [0.25, 0.3) is 5.91 Å². The van der Waals surface area contributed by atoms with Gasteiger partial charge >= 0.3 is 0 Å². The van der Waals surface area contributed by atoms with Crippen molar-refractivity contribution in [2.45, 2.75) is 45.4 Å². The van der Waals surface area contributed by atoms with E-state index >= 15 is 0 Å². The van der Waals surface area contributed by atoms with Gasteiger partial charge in [0.2, 0.25) is 0 Å². The summed E-state index contributed by atoms with van der Waals surface area (Å²) in [6.45, 7) is 2.13. The van der Waals surface area contributed by atoms with Gasteiger partial charge in [0.1, 0.15) is 0 Å². The SMILES string of the molecule is C/C(=N\NC(=O)c1c[nH]c2ccccc12)C12CC3CC(CC(C3)C1)C2. The lowest BCUT2D eigenvalue weighted by Gasteiger charge is -2.56. The van der Waals surface area contributed by atoms with E-state index in [9.17, 15) is 4.79 Å². The summed E-state index contributed by atoms with van der Waals surface area (Å²) in [5, 5.41) is 5.53. The summed E-state index contributed by atoms with van der Waals surface area (Å²) in [5.74, 6) is 2.55. The van der Waals surface area contributed by atoms with Gasteiger partial charge in [0.05, 0.1) is 5.56 Å². The first-order valence-corrected chi connectivity index (χ1v) is 9.54. The Balaban J connectivity index is 1.37. The number of aromatic amines is 1. The van der Waals surface area contributed by atoms with Gasteiger partial charge in [-0.3, -0.25) is 4.79 Å². The predicted molar refractivity (Wildman–Crippen MR) is 99.5 cm³/mol. The third-order valence-corrected chi connectivity index (χ3v) is 6.96. The second kappa shape index (κ2) is 5.45. The third kappa shape index (κ3) is 2.42. The average molecular weight is 335 g/mol. The number of nitrogens with zero attached hydrogens (tertiary/aromatic N) is 1. The van der Waals surface area contributed by atoms with Crippen molar-refractivity contribution in [3.63, 3.8) is 0 Å². The molecule has 6 rings (SSSR count). The van der Waals surface area contributed by atoms with Crippen LogP contribution in [0.25, 0.3) is 10.9 Å². The van der Waals surface area contributed by atoms with Crippen LogP contribution in [0.4, 0.5) is 0 Å². The van der Waals surface area contributed by atoms with Gasteiger partial charge in [-0.2, -0.15) is 5.10 Å². The highest BCUT2D eigenvalue weighted by Gasteiger charge is 2.52. The highest BCUT2D eigenvalue weighted by Crippen LogP contribution is 2.60. The second-order valence-electron chi connectivity index (χ2n) is 8.58. The van der Waals surface area contributed by atoms with Crippen LogP contribution in [0, 0.1) is 23.2 Å². The van der Waals surface area contributed by atoms with E-state index in [1.54, 1.807) is 6.20 Å². The molecule has 1 aromatic heterocycles. The van der Waals surface area contributed by atoms with Gasteiger partial charge in [0, 0.05) is 28.2 Å². The molecule has 25 heavy (non-hydrogen) atoms. The second-order valence-corrected chi connectivity index (χ2v) is 8.58. The molecule has 4 aliphatic rings. The Morgan fingerprint density at radius 3 is 2.44 bits per heavy atom. The van der Waals surface area contributed by atoms with Crippen LogP contribution in [0.3, 0.4) is 0 Å². The smallest absolute Gasteiger partial charge is 0.273 e. The summed E-state index contributed by atoms with van der Waals surface area (Å²) in [6, 6.07) is 7.87. The lowest BCUT2D eigenvalue weighted by Crippen LogP contribution is -2.49. The van der Waals surface area contributed by atoms with Crippen molar-refractivity contribution in [1.29, 1.82) is 0 Å². The molecule has 4 nitrogen and oxygen atoms in total. The predicted octanol–water partition coefficient (Wildman–Crippen LogP) is 4.49. The van der Waals surface area contributed by atoms with Crippen molar-refractivity contribution in [1.82, 2.24) is 10.4 Å². The third-order valence-electron chi connectivity index (χ3n) is 6.96. The Morgan fingerprint density at radius 2 is 1.76 bits per heavy atom. The van der Waals surface area contributed by atoms with Crippen molar-refractivity contribution in [2.24, 2.45) is 28.3 Å². The Kier molecular flexibility index (Phi) is 3.31. The Hall–Kier alpha value is -2.10. The Morgan fingerprint density at radius 1 is 1.12 bits per heavy atom. The van der Waals surface area contributed by atoms with Crippen LogP contribution in [-0.2, 0) is 0 Å². The Bertz CT molecular complexity index is 828. The molecule has 0 spiro atoms. The minimum absolute atomic E-state index is 0.124. The van der Waals surface area contributed by atoms with Crippen LogP contribution in [0.2, 0.25) is 0 Å². The quantitative estimate of drug-likeness (QED) is 0.630. The lowest BCUT2D eigenvalue weighted by atomic mass is 9.48. The van der Waals surface area contributed by atoms with E-state index in [4.69, 9.17) is 0 Å². The van der Waals surface area contributed by atoms with Crippen molar-refractivity contribution >= 4 is 22.5 Å². The summed E-state index contributed by atoms with van der Waals surface area (Å²) in [5.41, 5.74) is 5.87. The molecule has 4 heteroatoms. The number of carbonyl (C=O) groups excluding carboxylic acids is 1. The molecule has 4 fully saturated rings. The number of carbonyl (C=O) groups is 1. The maximum absolute atomic E-state index is 12.6. The fourth-order valence-corrected chi connectivity index (χ4v) is 6.13. The number of rotatable bonds is 3. The molecular formula is C21H25N3O. The van der Waals surface area contributed by atoms with Crippen molar-refractivity contribution in [3.05, 3.63) is 36.0 Å². The van der Waals surface area contributed by atoms with Gasteiger partial charge in [-0.05, 0) is 69.3 Å². The molecule has 4 saturated carbocycles. The van der Waals surface area contributed by atoms with Crippen LogP contribution < -0.4 is 5.43 Å². The van der Waals surface area contributed by atoms with E-state index in [1.165, 1.54) is 38.5 Å². The van der Waals surface area contributed by atoms with E-state index in [1.807, 2.05) is 24.3 Å². The zero-order valence-electron chi connectivity index (χ0n) is 14.7. The van der Waals surface area contributed by atoms with Gasteiger partial charge < -0.3 is 4.98 Å². The van der Waals surface area contributed by atoms with E-state index in [-0.39, 0.29) is 11.3 Å². The minimum atomic E-state index is -0.124. The summed E-state index contributed by atoms with van der Waals surface area (Å²) in [6.07, 6.45) is 9.87. The molecule has 0 radical (unpaired) electrons. The molecule has 1 aromatic carbocycles. The molecule has 130 valence electrons. The van der Waals surface area contributed by atoms with Crippen LogP contribution in [0.1, 0.15) is 55.8 Å². The minimum Gasteiger partial charge on any atom is -0.360 e. The fraction of sp³-hybridized carbons (Fsp3) is 0.524. The number of hydrogen-bond acceptors (Lipinski definition) is 2. The molecule has 2 N–H and O–H groups in total. The van der Waals surface area contributed by atoms with E-state index in [0.29, 0.717) is 5.56 Å². The van der Waals surface area contributed by atoms with E-state index in [0.717, 1.165) is 34.4 Å². The van der Waals surface area contributed by atoms with Crippen LogP contribution in [0.5, 0.6) is 0 Å². The highest BCUT2D eigenvalue weighted by atomic mass is 16.2. The topological polar surface area (TPSA) is 57.2 Å². The summed E-state index contributed by atoms with van der Waals surface area (Å²) in [7, 11) is 0.